The number of halogens is 1. The highest BCUT2D eigenvalue weighted by molar-refractivity contribution is 14.1. The number of imidazole rings is 1. The molecule has 1 aromatic carbocycles. The van der Waals surface area contributed by atoms with Crippen molar-refractivity contribution < 1.29 is 4.74 Å². The molecule has 1 N–H and O–H groups in total. The predicted molar refractivity (Wildman–Crippen MR) is 131 cm³/mol. The van der Waals surface area contributed by atoms with E-state index in [1.165, 1.54) is 4.57 Å². The first-order valence-corrected chi connectivity index (χ1v) is 11.7. The van der Waals surface area contributed by atoms with Crippen LogP contribution in [0, 0.1) is 3.57 Å². The minimum absolute atomic E-state index is 0.254. The molecule has 3 aromatic heterocycles. The lowest BCUT2D eigenvalue weighted by atomic mass is 10.2. The first kappa shape index (κ1) is 22.3. The summed E-state index contributed by atoms with van der Waals surface area (Å²) < 4.78 is 11.6. The molecule has 0 spiro atoms. The molecule has 0 saturated carbocycles. The number of aromatic amines is 1. The van der Waals surface area contributed by atoms with Crippen molar-refractivity contribution in [2.45, 2.75) is 52.9 Å². The average molecular weight is 548 g/mol. The number of hydrogen-bond donors (Lipinski definition) is 1. The molecule has 0 aliphatic carbocycles. The first-order valence-electron chi connectivity index (χ1n) is 10.6. The quantitative estimate of drug-likeness (QED) is 0.338. The Kier molecular flexibility index (Phi) is 6.49. The second-order valence-electron chi connectivity index (χ2n) is 7.56. The van der Waals surface area contributed by atoms with E-state index in [4.69, 9.17) is 4.74 Å². The summed E-state index contributed by atoms with van der Waals surface area (Å²) in [5.41, 5.74) is 0.901. The number of aryl methyl sites for hydroxylation is 1. The van der Waals surface area contributed by atoms with E-state index in [9.17, 15) is 9.59 Å². The lowest BCUT2D eigenvalue weighted by molar-refractivity contribution is 0.138. The molecule has 0 fully saturated rings. The number of nitrogens with zero attached hydrogens (tertiary/aromatic N) is 5. The normalized spacial score (nSPS) is 12.4. The van der Waals surface area contributed by atoms with Gasteiger partial charge in [0, 0.05) is 24.8 Å². The molecule has 0 aliphatic heterocycles. The lowest BCUT2D eigenvalue weighted by Crippen LogP contribution is -2.40. The smallest absolute Gasteiger partial charge is 0.332 e. The number of hydrogen-bond acceptors (Lipinski definition) is 5. The second-order valence-corrected chi connectivity index (χ2v) is 8.80. The fourth-order valence-corrected chi connectivity index (χ4v) is 4.02. The Balaban J connectivity index is 1.67. The van der Waals surface area contributed by atoms with Crippen LogP contribution in [0.1, 0.15) is 39.8 Å². The van der Waals surface area contributed by atoms with E-state index in [0.29, 0.717) is 42.2 Å². The Bertz CT molecular complexity index is 1350. The maximum Gasteiger partial charge on any atom is 0.332 e. The molecule has 0 amide bonds. The van der Waals surface area contributed by atoms with Gasteiger partial charge >= 0.3 is 5.69 Å². The predicted octanol–water partition coefficient (Wildman–Crippen LogP) is 3.77. The highest BCUT2D eigenvalue weighted by Crippen LogP contribution is 2.24. The summed E-state index contributed by atoms with van der Waals surface area (Å²) in [6.07, 6.45) is 4.90. The molecule has 3 heterocycles. The van der Waals surface area contributed by atoms with Gasteiger partial charge in [0.15, 0.2) is 11.9 Å². The van der Waals surface area contributed by atoms with Crippen LogP contribution in [0.4, 0.5) is 0 Å². The molecular weight excluding hydrogens is 523 g/mol. The number of rotatable bonds is 8. The Labute approximate surface area is 198 Å². The zero-order valence-corrected chi connectivity index (χ0v) is 20.4. The summed E-state index contributed by atoms with van der Waals surface area (Å²) in [6, 6.07) is 7.45. The molecule has 168 valence electrons. The van der Waals surface area contributed by atoms with E-state index >= 15 is 0 Å². The second kappa shape index (κ2) is 9.31. The number of fused-ring (bicyclic) bond motifs is 1. The van der Waals surface area contributed by atoms with Crippen molar-refractivity contribution >= 4 is 33.8 Å². The third-order valence-corrected chi connectivity index (χ3v) is 5.69. The molecule has 1 unspecified atom stereocenters. The Morgan fingerprint density at radius 1 is 1.09 bits per heavy atom. The fourth-order valence-electron chi connectivity index (χ4n) is 3.61. The Morgan fingerprint density at radius 3 is 2.41 bits per heavy atom. The monoisotopic (exact) mass is 548 g/mol. The van der Waals surface area contributed by atoms with Crippen LogP contribution in [-0.2, 0) is 13.1 Å². The highest BCUT2D eigenvalue weighted by atomic mass is 127. The molecule has 0 radical (unpaired) electrons. The van der Waals surface area contributed by atoms with Gasteiger partial charge in [-0.05, 0) is 66.6 Å². The van der Waals surface area contributed by atoms with Crippen molar-refractivity contribution in [3.05, 3.63) is 61.1 Å². The Hall–Kier alpha value is -2.89. The summed E-state index contributed by atoms with van der Waals surface area (Å²) >= 11 is 2.21. The van der Waals surface area contributed by atoms with Gasteiger partial charge in [-0.1, -0.05) is 13.8 Å². The van der Waals surface area contributed by atoms with E-state index in [-0.39, 0.29) is 17.5 Å². The van der Waals surface area contributed by atoms with Crippen molar-refractivity contribution in [1.82, 2.24) is 28.9 Å². The largest absolute Gasteiger partial charge is 0.469 e. The molecule has 4 rings (SSSR count). The maximum absolute atomic E-state index is 12.9. The Morgan fingerprint density at radius 2 is 1.78 bits per heavy atom. The standard InChI is InChI=1S/C22H25IN6O3/c1-4-10-27-20-18(21(30)28(11-5-2)22(27)31)25-19(26-20)15-6-8-17(9-7-15)32-14(3)29-13-16(23)12-24-29/h6-9,12-14H,4-5,10-11H2,1-3H3,(H,25,26). The van der Waals surface area contributed by atoms with Crippen LogP contribution >= 0.6 is 22.6 Å². The third kappa shape index (κ3) is 4.23. The van der Waals surface area contributed by atoms with Crippen LogP contribution < -0.4 is 16.0 Å². The van der Waals surface area contributed by atoms with E-state index in [2.05, 4.69) is 37.7 Å². The highest BCUT2D eigenvalue weighted by Gasteiger charge is 2.17. The molecule has 4 aromatic rings. The molecule has 10 heteroatoms. The SMILES string of the molecule is CCCn1c(=O)c2[nH]c(-c3ccc(OC(C)n4cc(I)cn4)cc3)nc2n(CCC)c1=O. The molecule has 0 bridgehead atoms. The summed E-state index contributed by atoms with van der Waals surface area (Å²) in [7, 11) is 0. The van der Waals surface area contributed by atoms with Gasteiger partial charge in [-0.2, -0.15) is 5.10 Å². The van der Waals surface area contributed by atoms with Crippen LogP contribution in [0.3, 0.4) is 0 Å². The molecule has 0 saturated heterocycles. The minimum Gasteiger partial charge on any atom is -0.469 e. The van der Waals surface area contributed by atoms with Crippen molar-refractivity contribution in [3.8, 4) is 17.1 Å². The van der Waals surface area contributed by atoms with Crippen LogP contribution in [0.15, 0.2) is 46.2 Å². The number of H-pyrrole nitrogens is 1. The van der Waals surface area contributed by atoms with Crippen LogP contribution in [0.25, 0.3) is 22.6 Å². The third-order valence-electron chi connectivity index (χ3n) is 5.13. The van der Waals surface area contributed by atoms with E-state index < -0.39 is 0 Å². The van der Waals surface area contributed by atoms with Gasteiger partial charge in [-0.15, -0.1) is 0 Å². The van der Waals surface area contributed by atoms with Gasteiger partial charge < -0.3 is 9.72 Å². The molecule has 32 heavy (non-hydrogen) atoms. The topological polar surface area (TPSA) is 99.7 Å². The lowest BCUT2D eigenvalue weighted by Gasteiger charge is -2.15. The van der Waals surface area contributed by atoms with E-state index in [0.717, 1.165) is 15.6 Å². The number of nitrogens with one attached hydrogen (secondary N) is 1. The zero-order valence-electron chi connectivity index (χ0n) is 18.2. The number of aromatic nitrogens is 6. The summed E-state index contributed by atoms with van der Waals surface area (Å²) in [6.45, 7) is 6.73. The van der Waals surface area contributed by atoms with Gasteiger partial charge in [0.25, 0.3) is 5.56 Å². The molecular formula is C22H25IN6O3. The average Bonchev–Trinajstić information content (AvgIpc) is 3.42. The van der Waals surface area contributed by atoms with Gasteiger partial charge in [0.05, 0.1) is 9.77 Å². The summed E-state index contributed by atoms with van der Waals surface area (Å²) in [5.74, 6) is 1.23. The van der Waals surface area contributed by atoms with Crippen molar-refractivity contribution in [3.63, 3.8) is 0 Å². The summed E-state index contributed by atoms with van der Waals surface area (Å²) in [5, 5.41) is 4.27. The van der Waals surface area contributed by atoms with E-state index in [1.807, 2.05) is 51.2 Å². The maximum atomic E-state index is 12.9. The number of benzene rings is 1. The van der Waals surface area contributed by atoms with E-state index in [1.54, 1.807) is 15.4 Å². The van der Waals surface area contributed by atoms with Crippen molar-refractivity contribution in [1.29, 1.82) is 0 Å². The summed E-state index contributed by atoms with van der Waals surface area (Å²) in [4.78, 5) is 33.5. The van der Waals surface area contributed by atoms with Gasteiger partial charge in [-0.25, -0.2) is 14.5 Å². The van der Waals surface area contributed by atoms with Gasteiger partial charge in [-0.3, -0.25) is 13.9 Å². The molecule has 1 atom stereocenters. The fraction of sp³-hybridized carbons (Fsp3) is 0.364. The molecule has 9 nitrogen and oxygen atoms in total. The van der Waals surface area contributed by atoms with Crippen LogP contribution in [0.5, 0.6) is 5.75 Å². The van der Waals surface area contributed by atoms with Gasteiger partial charge in [0.2, 0.25) is 0 Å². The van der Waals surface area contributed by atoms with Crippen molar-refractivity contribution in [2.75, 3.05) is 0 Å². The zero-order chi connectivity index (χ0) is 22.8. The molecule has 0 aliphatic rings. The van der Waals surface area contributed by atoms with Crippen molar-refractivity contribution in [2.24, 2.45) is 0 Å². The number of ether oxygens (including phenoxy) is 1. The van der Waals surface area contributed by atoms with Crippen LogP contribution in [-0.4, -0.2) is 28.9 Å². The minimum atomic E-state index is -0.333. The first-order chi connectivity index (χ1) is 15.4. The van der Waals surface area contributed by atoms with Crippen LogP contribution in [0.2, 0.25) is 0 Å². The van der Waals surface area contributed by atoms with Gasteiger partial charge in [0.1, 0.15) is 17.1 Å².